The summed E-state index contributed by atoms with van der Waals surface area (Å²) >= 11 is 0. The normalized spacial score (nSPS) is 9.65. The molecule has 0 fully saturated rings. The Morgan fingerprint density at radius 3 is 2.59 bits per heavy atom. The van der Waals surface area contributed by atoms with E-state index in [2.05, 4.69) is 11.4 Å². The lowest BCUT2D eigenvalue weighted by Gasteiger charge is -2.06. The second-order valence-corrected chi connectivity index (χ2v) is 3.43. The smallest absolute Gasteiger partial charge is 0.262 e. The van der Waals surface area contributed by atoms with Crippen LogP contribution in [0.4, 0.5) is 5.69 Å². The minimum atomic E-state index is -0.198. The van der Waals surface area contributed by atoms with E-state index in [9.17, 15) is 4.79 Å². The molecular weight excluding hydrogens is 214 g/mol. The lowest BCUT2D eigenvalue weighted by atomic mass is 10.3. The van der Waals surface area contributed by atoms with Gasteiger partial charge in [-0.15, -0.1) is 0 Å². The molecule has 0 saturated carbocycles. The Labute approximate surface area is 100 Å². The summed E-state index contributed by atoms with van der Waals surface area (Å²) in [7, 11) is 0. The van der Waals surface area contributed by atoms with Gasteiger partial charge in [-0.25, -0.2) is 0 Å². The van der Waals surface area contributed by atoms with E-state index in [0.29, 0.717) is 11.4 Å². The number of nitrogens with one attached hydrogen (secondary N) is 1. The predicted octanol–water partition coefficient (Wildman–Crippen LogP) is 2.50. The van der Waals surface area contributed by atoms with Crippen LogP contribution in [-0.4, -0.2) is 12.5 Å². The summed E-state index contributed by atoms with van der Waals surface area (Å²) in [6.07, 6.45) is 0. The Balaban J connectivity index is 1.83. The third-order valence-electron chi connectivity index (χ3n) is 2.10. The van der Waals surface area contributed by atoms with Crippen molar-refractivity contribution in [3.05, 3.63) is 60.7 Å². The highest BCUT2D eigenvalue weighted by Gasteiger charge is 2.02. The first kappa shape index (κ1) is 11.2. The van der Waals surface area contributed by atoms with Crippen molar-refractivity contribution in [3.8, 4) is 5.75 Å². The van der Waals surface area contributed by atoms with Crippen LogP contribution in [0.5, 0.6) is 5.75 Å². The monoisotopic (exact) mass is 226 g/mol. The van der Waals surface area contributed by atoms with Gasteiger partial charge < -0.3 is 10.1 Å². The molecule has 3 nitrogen and oxygen atoms in total. The predicted molar refractivity (Wildman–Crippen MR) is 65.8 cm³/mol. The van der Waals surface area contributed by atoms with Gasteiger partial charge in [0.05, 0.1) is 0 Å². The standard InChI is InChI=1S/C14H12NO2/c16-14(15-12-7-3-1-4-8-12)11-17-13-9-5-2-6-10-13/h1-7,9-10H,11H2,(H,15,16). The molecule has 0 aliphatic carbocycles. The van der Waals surface area contributed by atoms with Crippen LogP contribution < -0.4 is 10.1 Å². The van der Waals surface area contributed by atoms with Gasteiger partial charge >= 0.3 is 0 Å². The number of carbonyl (C=O) groups is 1. The average molecular weight is 226 g/mol. The molecule has 2 aromatic rings. The lowest BCUT2D eigenvalue weighted by Crippen LogP contribution is -2.20. The largest absolute Gasteiger partial charge is 0.484 e. The summed E-state index contributed by atoms with van der Waals surface area (Å²) < 4.78 is 5.31. The van der Waals surface area contributed by atoms with Gasteiger partial charge in [0, 0.05) is 11.8 Å². The summed E-state index contributed by atoms with van der Waals surface area (Å²) in [4.78, 5) is 11.5. The first-order chi connectivity index (χ1) is 8.34. The number of para-hydroxylation sites is 2. The van der Waals surface area contributed by atoms with Gasteiger partial charge in [0.15, 0.2) is 6.61 Å². The van der Waals surface area contributed by atoms with Crippen LogP contribution in [0, 0.1) is 6.07 Å². The molecule has 2 rings (SSSR count). The Bertz CT molecular complexity index is 468. The van der Waals surface area contributed by atoms with Crippen molar-refractivity contribution < 1.29 is 9.53 Å². The average Bonchev–Trinajstić information content (AvgIpc) is 2.39. The Hall–Kier alpha value is -2.29. The fourth-order valence-corrected chi connectivity index (χ4v) is 1.32. The van der Waals surface area contributed by atoms with Gasteiger partial charge in [0.25, 0.3) is 5.91 Å². The highest BCUT2D eigenvalue weighted by molar-refractivity contribution is 5.91. The van der Waals surface area contributed by atoms with E-state index in [4.69, 9.17) is 4.74 Å². The number of hydrogen-bond donors (Lipinski definition) is 1. The third kappa shape index (κ3) is 3.65. The van der Waals surface area contributed by atoms with Crippen molar-refractivity contribution in [2.75, 3.05) is 11.9 Å². The molecular formula is C14H12NO2. The van der Waals surface area contributed by atoms with Gasteiger partial charge in [-0.3, -0.25) is 4.79 Å². The maximum absolute atomic E-state index is 11.5. The van der Waals surface area contributed by atoms with E-state index in [1.165, 1.54) is 0 Å². The molecule has 17 heavy (non-hydrogen) atoms. The molecule has 1 amide bonds. The molecule has 0 bridgehead atoms. The molecule has 0 atom stereocenters. The van der Waals surface area contributed by atoms with Crippen LogP contribution in [0.25, 0.3) is 0 Å². The summed E-state index contributed by atoms with van der Waals surface area (Å²) in [5, 5.41) is 2.69. The van der Waals surface area contributed by atoms with E-state index in [0.717, 1.165) is 0 Å². The van der Waals surface area contributed by atoms with Crippen LogP contribution >= 0.6 is 0 Å². The zero-order chi connectivity index (χ0) is 11.9. The quantitative estimate of drug-likeness (QED) is 0.869. The van der Waals surface area contributed by atoms with Crippen molar-refractivity contribution in [1.29, 1.82) is 0 Å². The highest BCUT2D eigenvalue weighted by atomic mass is 16.5. The van der Waals surface area contributed by atoms with E-state index < -0.39 is 0 Å². The van der Waals surface area contributed by atoms with Crippen molar-refractivity contribution in [3.63, 3.8) is 0 Å². The van der Waals surface area contributed by atoms with Crippen molar-refractivity contribution in [2.24, 2.45) is 0 Å². The topological polar surface area (TPSA) is 38.3 Å². The zero-order valence-electron chi connectivity index (χ0n) is 9.22. The third-order valence-corrected chi connectivity index (χ3v) is 2.10. The minimum absolute atomic E-state index is 0.00719. The minimum Gasteiger partial charge on any atom is -0.484 e. The molecule has 0 aliphatic rings. The number of rotatable bonds is 4. The van der Waals surface area contributed by atoms with Gasteiger partial charge in [0.2, 0.25) is 0 Å². The molecule has 0 spiro atoms. The molecule has 85 valence electrons. The second-order valence-electron chi connectivity index (χ2n) is 3.43. The Morgan fingerprint density at radius 1 is 1.12 bits per heavy atom. The van der Waals surface area contributed by atoms with Crippen molar-refractivity contribution in [2.45, 2.75) is 0 Å². The molecule has 0 saturated heterocycles. The fraction of sp³-hybridized carbons (Fsp3) is 0.0714. The van der Waals surface area contributed by atoms with Crippen LogP contribution in [0.15, 0.2) is 54.6 Å². The maximum atomic E-state index is 11.5. The SMILES string of the molecule is O=C(COc1ccccc1)Nc1[c]cccc1. The number of ether oxygens (including phenoxy) is 1. The Kier molecular flexibility index (Phi) is 3.76. The molecule has 0 heterocycles. The molecule has 0 aromatic heterocycles. The molecule has 3 heteroatoms. The van der Waals surface area contributed by atoms with Gasteiger partial charge in [-0.2, -0.15) is 0 Å². The summed E-state index contributed by atoms with van der Waals surface area (Å²) in [5.41, 5.74) is 0.647. The zero-order valence-corrected chi connectivity index (χ0v) is 9.22. The number of benzene rings is 2. The summed E-state index contributed by atoms with van der Waals surface area (Å²) in [6.45, 7) is -0.00719. The van der Waals surface area contributed by atoms with E-state index in [1.54, 1.807) is 12.1 Å². The van der Waals surface area contributed by atoms with E-state index in [-0.39, 0.29) is 12.5 Å². The van der Waals surface area contributed by atoms with Crippen LogP contribution in [-0.2, 0) is 4.79 Å². The number of hydrogen-bond acceptors (Lipinski definition) is 2. The molecule has 0 unspecified atom stereocenters. The first-order valence-corrected chi connectivity index (χ1v) is 5.29. The van der Waals surface area contributed by atoms with Crippen LogP contribution in [0.1, 0.15) is 0 Å². The first-order valence-electron chi connectivity index (χ1n) is 5.29. The Morgan fingerprint density at radius 2 is 1.88 bits per heavy atom. The van der Waals surface area contributed by atoms with Gasteiger partial charge in [-0.05, 0) is 18.2 Å². The van der Waals surface area contributed by atoms with Gasteiger partial charge in [0.1, 0.15) is 5.75 Å². The molecule has 0 aliphatic heterocycles. The van der Waals surface area contributed by atoms with Crippen LogP contribution in [0.3, 0.4) is 0 Å². The number of anilines is 1. The van der Waals surface area contributed by atoms with Crippen LogP contribution in [0.2, 0.25) is 0 Å². The number of carbonyl (C=O) groups excluding carboxylic acids is 1. The second kappa shape index (κ2) is 5.70. The highest BCUT2D eigenvalue weighted by Crippen LogP contribution is 2.08. The summed E-state index contributed by atoms with van der Waals surface area (Å²) in [6, 6.07) is 19.3. The van der Waals surface area contributed by atoms with Crippen molar-refractivity contribution in [1.82, 2.24) is 0 Å². The maximum Gasteiger partial charge on any atom is 0.262 e. The number of amides is 1. The van der Waals surface area contributed by atoms with E-state index in [1.807, 2.05) is 42.5 Å². The molecule has 1 radical (unpaired) electrons. The van der Waals surface area contributed by atoms with E-state index >= 15 is 0 Å². The molecule has 1 N–H and O–H groups in total. The molecule has 2 aromatic carbocycles. The summed E-state index contributed by atoms with van der Waals surface area (Å²) in [5.74, 6) is 0.482. The van der Waals surface area contributed by atoms with Crippen molar-refractivity contribution >= 4 is 11.6 Å². The lowest BCUT2D eigenvalue weighted by molar-refractivity contribution is -0.118. The van der Waals surface area contributed by atoms with Gasteiger partial charge in [-0.1, -0.05) is 36.4 Å². The fourth-order valence-electron chi connectivity index (χ4n) is 1.32.